The maximum Gasteiger partial charge on any atom is 0.316 e. The molecule has 0 bridgehead atoms. The fourth-order valence-electron chi connectivity index (χ4n) is 1.82. The van der Waals surface area contributed by atoms with Crippen molar-refractivity contribution in [1.82, 2.24) is 15.0 Å². The van der Waals surface area contributed by atoms with Gasteiger partial charge in [0.05, 0.1) is 12.1 Å². The molecule has 0 aliphatic carbocycles. The Morgan fingerprint density at radius 3 is 2.74 bits per heavy atom. The third-order valence-electron chi connectivity index (χ3n) is 2.78. The van der Waals surface area contributed by atoms with Crippen molar-refractivity contribution in [2.24, 2.45) is 0 Å². The van der Waals surface area contributed by atoms with Crippen LogP contribution in [0.3, 0.4) is 0 Å². The van der Waals surface area contributed by atoms with Gasteiger partial charge in [0.15, 0.2) is 0 Å². The molecule has 94 valence electrons. The van der Waals surface area contributed by atoms with Gasteiger partial charge in [-0.2, -0.15) is 4.98 Å². The Morgan fingerprint density at radius 1 is 0.947 bits per heavy atom. The van der Waals surface area contributed by atoms with Gasteiger partial charge >= 0.3 is 6.01 Å². The van der Waals surface area contributed by atoms with Crippen LogP contribution in [-0.4, -0.2) is 21.6 Å². The number of hydrogen-bond acceptors (Lipinski definition) is 4. The molecule has 0 saturated carbocycles. The Morgan fingerprint density at radius 2 is 1.84 bits per heavy atom. The lowest BCUT2D eigenvalue weighted by molar-refractivity contribution is 0.296. The highest BCUT2D eigenvalue weighted by Crippen LogP contribution is 2.12. The second kappa shape index (κ2) is 5.44. The lowest BCUT2D eigenvalue weighted by atomic mass is 10.2. The van der Waals surface area contributed by atoms with Gasteiger partial charge in [0.1, 0.15) is 0 Å². The summed E-state index contributed by atoms with van der Waals surface area (Å²) in [5.74, 6) is 0. The van der Waals surface area contributed by atoms with Gasteiger partial charge in [-0.25, -0.2) is 4.98 Å². The first-order valence-electron chi connectivity index (χ1n) is 6.16. The number of ether oxygens (including phenoxy) is 1. The van der Waals surface area contributed by atoms with Gasteiger partial charge in [-0.15, -0.1) is 0 Å². The molecule has 0 saturated heterocycles. The number of para-hydroxylation sites is 1. The van der Waals surface area contributed by atoms with E-state index in [1.54, 1.807) is 12.4 Å². The van der Waals surface area contributed by atoms with Gasteiger partial charge in [0, 0.05) is 29.9 Å². The highest BCUT2D eigenvalue weighted by Gasteiger charge is 2.01. The lowest BCUT2D eigenvalue weighted by Gasteiger charge is -2.04. The molecule has 0 radical (unpaired) electrons. The number of fused-ring (bicyclic) bond motifs is 1. The molecule has 3 rings (SSSR count). The lowest BCUT2D eigenvalue weighted by Crippen LogP contribution is -2.05. The quantitative estimate of drug-likeness (QED) is 0.715. The molecule has 19 heavy (non-hydrogen) atoms. The molecule has 0 aliphatic rings. The summed E-state index contributed by atoms with van der Waals surface area (Å²) >= 11 is 0. The first kappa shape index (κ1) is 11.6. The molecule has 4 nitrogen and oxygen atoms in total. The van der Waals surface area contributed by atoms with E-state index in [9.17, 15) is 0 Å². The number of nitrogens with zero attached hydrogens (tertiary/aromatic N) is 3. The van der Waals surface area contributed by atoms with E-state index in [1.165, 1.54) is 0 Å². The fraction of sp³-hybridized carbons (Fsp3) is 0.133. The van der Waals surface area contributed by atoms with Crippen LogP contribution >= 0.6 is 0 Å². The summed E-state index contributed by atoms with van der Waals surface area (Å²) in [6.07, 6.45) is 4.30. The zero-order valence-electron chi connectivity index (χ0n) is 10.4. The van der Waals surface area contributed by atoms with Crippen LogP contribution in [0, 0.1) is 0 Å². The topological polar surface area (TPSA) is 47.9 Å². The Bertz CT molecular complexity index is 670. The van der Waals surface area contributed by atoms with Gasteiger partial charge in [-0.3, -0.25) is 4.98 Å². The third-order valence-corrected chi connectivity index (χ3v) is 2.78. The molecule has 0 N–H and O–H groups in total. The summed E-state index contributed by atoms with van der Waals surface area (Å²) in [6.45, 7) is 0.523. The van der Waals surface area contributed by atoms with E-state index in [4.69, 9.17) is 4.74 Å². The number of benzene rings is 1. The second-order valence-corrected chi connectivity index (χ2v) is 4.13. The molecule has 0 amide bonds. The molecule has 2 aromatic heterocycles. The standard InChI is InChI=1S/C15H13N3O/c1-2-7-14-12(5-1)11-17-15(18-14)19-10-8-13-6-3-4-9-16-13/h1-7,9,11H,8,10H2. The largest absolute Gasteiger partial charge is 0.463 e. The third kappa shape index (κ3) is 2.85. The molecule has 0 aliphatic heterocycles. The van der Waals surface area contributed by atoms with Crippen molar-refractivity contribution in [2.75, 3.05) is 6.61 Å². The highest BCUT2D eigenvalue weighted by atomic mass is 16.5. The van der Waals surface area contributed by atoms with E-state index >= 15 is 0 Å². The Kier molecular flexibility index (Phi) is 3.32. The highest BCUT2D eigenvalue weighted by molar-refractivity contribution is 5.77. The predicted molar refractivity (Wildman–Crippen MR) is 73.0 cm³/mol. The average molecular weight is 251 g/mol. The average Bonchev–Trinajstić information content (AvgIpc) is 2.48. The van der Waals surface area contributed by atoms with Crippen molar-refractivity contribution >= 4 is 10.9 Å². The van der Waals surface area contributed by atoms with Crippen LogP contribution in [0.2, 0.25) is 0 Å². The number of aromatic nitrogens is 3. The minimum Gasteiger partial charge on any atom is -0.463 e. The summed E-state index contributed by atoms with van der Waals surface area (Å²) in [5.41, 5.74) is 1.90. The van der Waals surface area contributed by atoms with E-state index in [2.05, 4.69) is 15.0 Å². The molecule has 0 spiro atoms. The van der Waals surface area contributed by atoms with E-state index in [0.29, 0.717) is 12.6 Å². The molecule has 2 heterocycles. The first-order valence-corrected chi connectivity index (χ1v) is 6.16. The Hall–Kier alpha value is -2.49. The monoisotopic (exact) mass is 251 g/mol. The van der Waals surface area contributed by atoms with Crippen LogP contribution < -0.4 is 4.74 Å². The first-order chi connectivity index (χ1) is 9.42. The van der Waals surface area contributed by atoms with Crippen molar-refractivity contribution < 1.29 is 4.74 Å². The summed E-state index contributed by atoms with van der Waals surface area (Å²) in [6, 6.07) is 14.1. The van der Waals surface area contributed by atoms with Crippen LogP contribution in [0.25, 0.3) is 10.9 Å². The summed E-state index contributed by atoms with van der Waals surface area (Å²) in [7, 11) is 0. The SMILES string of the molecule is c1ccc(CCOc2ncc3ccccc3n2)nc1. The number of pyridine rings is 1. The van der Waals surface area contributed by atoms with Crippen molar-refractivity contribution in [2.45, 2.75) is 6.42 Å². The van der Waals surface area contributed by atoms with E-state index in [1.807, 2.05) is 42.5 Å². The smallest absolute Gasteiger partial charge is 0.316 e. The molecular weight excluding hydrogens is 238 g/mol. The predicted octanol–water partition coefficient (Wildman–Crippen LogP) is 2.65. The van der Waals surface area contributed by atoms with Crippen LogP contribution in [0.4, 0.5) is 0 Å². The molecule has 0 atom stereocenters. The van der Waals surface area contributed by atoms with E-state index in [0.717, 1.165) is 23.0 Å². The van der Waals surface area contributed by atoms with Gasteiger partial charge < -0.3 is 4.74 Å². The summed E-state index contributed by atoms with van der Waals surface area (Å²) in [4.78, 5) is 12.8. The Balaban J connectivity index is 1.65. The van der Waals surface area contributed by atoms with Gasteiger partial charge in [0.2, 0.25) is 0 Å². The minimum absolute atomic E-state index is 0.412. The zero-order valence-corrected chi connectivity index (χ0v) is 10.4. The summed E-state index contributed by atoms with van der Waals surface area (Å²) < 4.78 is 5.56. The molecule has 0 fully saturated rings. The van der Waals surface area contributed by atoms with E-state index < -0.39 is 0 Å². The molecular formula is C15H13N3O. The minimum atomic E-state index is 0.412. The Labute approximate surface area is 111 Å². The number of rotatable bonds is 4. The van der Waals surface area contributed by atoms with Gasteiger partial charge in [-0.1, -0.05) is 24.3 Å². The van der Waals surface area contributed by atoms with Gasteiger partial charge in [-0.05, 0) is 18.2 Å². The van der Waals surface area contributed by atoms with Gasteiger partial charge in [0.25, 0.3) is 0 Å². The zero-order chi connectivity index (χ0) is 12.9. The normalized spacial score (nSPS) is 10.5. The molecule has 4 heteroatoms. The van der Waals surface area contributed by atoms with Crippen LogP contribution in [0.15, 0.2) is 54.9 Å². The van der Waals surface area contributed by atoms with Crippen LogP contribution in [-0.2, 0) is 6.42 Å². The van der Waals surface area contributed by atoms with E-state index in [-0.39, 0.29) is 0 Å². The van der Waals surface area contributed by atoms with Crippen LogP contribution in [0.5, 0.6) is 6.01 Å². The number of hydrogen-bond donors (Lipinski definition) is 0. The van der Waals surface area contributed by atoms with Crippen molar-refractivity contribution in [1.29, 1.82) is 0 Å². The van der Waals surface area contributed by atoms with Crippen LogP contribution in [0.1, 0.15) is 5.69 Å². The molecule has 3 aromatic rings. The fourth-order valence-corrected chi connectivity index (χ4v) is 1.82. The van der Waals surface area contributed by atoms with Crippen molar-refractivity contribution in [3.05, 3.63) is 60.6 Å². The molecule has 0 unspecified atom stereocenters. The van der Waals surface area contributed by atoms with Crippen molar-refractivity contribution in [3.63, 3.8) is 0 Å². The summed E-state index contributed by atoms with van der Waals surface area (Å²) in [5, 5.41) is 1.01. The van der Waals surface area contributed by atoms with Crippen molar-refractivity contribution in [3.8, 4) is 6.01 Å². The maximum absolute atomic E-state index is 5.56. The maximum atomic E-state index is 5.56. The molecule has 1 aromatic carbocycles. The second-order valence-electron chi connectivity index (χ2n) is 4.13.